The second kappa shape index (κ2) is 7.36. The van der Waals surface area contributed by atoms with Gasteiger partial charge in [-0.05, 0) is 29.2 Å². The summed E-state index contributed by atoms with van der Waals surface area (Å²) in [6.45, 7) is 8.02. The Balaban J connectivity index is 1.84. The Morgan fingerprint density at radius 2 is 1.85 bits per heavy atom. The lowest BCUT2D eigenvalue weighted by molar-refractivity contribution is 0.407. The van der Waals surface area contributed by atoms with E-state index < -0.39 is 0 Å². The third-order valence-corrected chi connectivity index (χ3v) is 3.74. The van der Waals surface area contributed by atoms with Crippen LogP contribution in [0.5, 0.6) is 0 Å². The number of nitriles is 1. The van der Waals surface area contributed by atoms with Crippen LogP contribution >= 0.6 is 0 Å². The van der Waals surface area contributed by atoms with Gasteiger partial charge in [0.1, 0.15) is 18.2 Å². The molecular formula is C20H21N5O. The first kappa shape index (κ1) is 17.6. The SMILES string of the molecule is CC(C)(C)CN(Cc1ccc(-c2ncco2)cc1)c1ccnc(C#N)n1. The average Bonchev–Trinajstić information content (AvgIpc) is 3.15. The Bertz CT molecular complexity index is 889. The van der Waals surface area contributed by atoms with Gasteiger partial charge in [-0.1, -0.05) is 32.9 Å². The number of nitrogens with zero attached hydrogens (tertiary/aromatic N) is 5. The van der Waals surface area contributed by atoms with Gasteiger partial charge in [-0.3, -0.25) is 0 Å². The molecule has 0 aliphatic heterocycles. The summed E-state index contributed by atoms with van der Waals surface area (Å²) in [5, 5.41) is 9.08. The normalized spacial score (nSPS) is 11.2. The predicted octanol–water partition coefficient (Wildman–Crippen LogP) is 4.06. The van der Waals surface area contributed by atoms with Gasteiger partial charge in [0.15, 0.2) is 0 Å². The zero-order valence-electron chi connectivity index (χ0n) is 15.2. The Morgan fingerprint density at radius 3 is 2.46 bits per heavy atom. The molecule has 0 bridgehead atoms. The summed E-state index contributed by atoms with van der Waals surface area (Å²) in [5.41, 5.74) is 2.16. The first-order chi connectivity index (χ1) is 12.4. The quantitative estimate of drug-likeness (QED) is 0.692. The fraction of sp³-hybridized carbons (Fsp3) is 0.300. The summed E-state index contributed by atoms with van der Waals surface area (Å²) in [5.74, 6) is 1.54. The molecule has 0 unspecified atom stereocenters. The van der Waals surface area contributed by atoms with Gasteiger partial charge in [0, 0.05) is 24.8 Å². The molecule has 0 fully saturated rings. The van der Waals surface area contributed by atoms with E-state index in [1.54, 1.807) is 18.7 Å². The minimum absolute atomic E-state index is 0.0792. The monoisotopic (exact) mass is 347 g/mol. The van der Waals surface area contributed by atoms with E-state index in [0.717, 1.165) is 23.5 Å². The van der Waals surface area contributed by atoms with Crippen LogP contribution in [0.1, 0.15) is 32.2 Å². The van der Waals surface area contributed by atoms with E-state index in [0.29, 0.717) is 12.4 Å². The zero-order valence-corrected chi connectivity index (χ0v) is 15.2. The largest absolute Gasteiger partial charge is 0.445 e. The standard InChI is InChI=1S/C20H21N5O/c1-20(2,3)14-25(18-8-9-22-17(12-21)24-18)13-15-4-6-16(7-5-15)19-23-10-11-26-19/h4-11H,13-14H2,1-3H3. The second-order valence-electron chi connectivity index (χ2n) is 7.30. The third kappa shape index (κ3) is 4.45. The van der Waals surface area contributed by atoms with Crippen molar-refractivity contribution in [3.63, 3.8) is 0 Å². The first-order valence-electron chi connectivity index (χ1n) is 8.41. The molecular weight excluding hydrogens is 326 g/mol. The molecule has 6 heteroatoms. The number of aromatic nitrogens is 3. The topological polar surface area (TPSA) is 78.8 Å². The molecule has 0 saturated heterocycles. The molecule has 0 spiro atoms. The summed E-state index contributed by atoms with van der Waals surface area (Å²) in [6, 6.07) is 12.0. The van der Waals surface area contributed by atoms with Crippen molar-refractivity contribution < 1.29 is 4.42 Å². The van der Waals surface area contributed by atoms with E-state index in [9.17, 15) is 0 Å². The van der Waals surface area contributed by atoms with E-state index in [2.05, 4.69) is 52.8 Å². The van der Waals surface area contributed by atoms with Crippen LogP contribution in [0, 0.1) is 16.7 Å². The summed E-state index contributed by atoms with van der Waals surface area (Å²) in [7, 11) is 0. The van der Waals surface area contributed by atoms with Crippen LogP contribution in [0.2, 0.25) is 0 Å². The summed E-state index contributed by atoms with van der Waals surface area (Å²) < 4.78 is 5.33. The zero-order chi connectivity index (χ0) is 18.6. The molecule has 0 atom stereocenters. The van der Waals surface area contributed by atoms with Crippen molar-refractivity contribution in [1.82, 2.24) is 15.0 Å². The lowest BCUT2D eigenvalue weighted by Gasteiger charge is -2.31. The highest BCUT2D eigenvalue weighted by molar-refractivity contribution is 5.53. The Kier molecular flexibility index (Phi) is 4.99. The minimum Gasteiger partial charge on any atom is -0.445 e. The van der Waals surface area contributed by atoms with Crippen molar-refractivity contribution in [2.45, 2.75) is 27.3 Å². The fourth-order valence-corrected chi connectivity index (χ4v) is 2.71. The first-order valence-corrected chi connectivity index (χ1v) is 8.41. The highest BCUT2D eigenvalue weighted by atomic mass is 16.3. The second-order valence-corrected chi connectivity index (χ2v) is 7.30. The predicted molar refractivity (Wildman–Crippen MR) is 99.2 cm³/mol. The van der Waals surface area contributed by atoms with Gasteiger partial charge in [0.05, 0.1) is 6.20 Å². The maximum absolute atomic E-state index is 9.08. The molecule has 0 radical (unpaired) electrons. The smallest absolute Gasteiger partial charge is 0.234 e. The van der Waals surface area contributed by atoms with Crippen LogP contribution in [-0.4, -0.2) is 21.5 Å². The Labute approximate surface area is 153 Å². The summed E-state index contributed by atoms with van der Waals surface area (Å²) in [6.07, 6.45) is 4.83. The highest BCUT2D eigenvalue weighted by Crippen LogP contribution is 2.23. The van der Waals surface area contributed by atoms with Gasteiger partial charge in [-0.2, -0.15) is 5.26 Å². The number of hydrogen-bond acceptors (Lipinski definition) is 6. The van der Waals surface area contributed by atoms with Gasteiger partial charge in [0.25, 0.3) is 0 Å². The van der Waals surface area contributed by atoms with Crippen LogP contribution < -0.4 is 4.90 Å². The van der Waals surface area contributed by atoms with E-state index >= 15 is 0 Å². The average molecular weight is 347 g/mol. The molecule has 26 heavy (non-hydrogen) atoms. The van der Waals surface area contributed by atoms with E-state index in [1.165, 1.54) is 0 Å². The van der Waals surface area contributed by atoms with Crippen molar-refractivity contribution in [3.8, 4) is 17.5 Å². The van der Waals surface area contributed by atoms with Gasteiger partial charge in [-0.15, -0.1) is 0 Å². The molecule has 2 aromatic heterocycles. The maximum atomic E-state index is 9.08. The van der Waals surface area contributed by atoms with Crippen LogP contribution in [0.3, 0.4) is 0 Å². The molecule has 132 valence electrons. The van der Waals surface area contributed by atoms with Crippen molar-refractivity contribution in [2.75, 3.05) is 11.4 Å². The van der Waals surface area contributed by atoms with Crippen molar-refractivity contribution >= 4 is 5.82 Å². The van der Waals surface area contributed by atoms with Gasteiger partial charge in [0.2, 0.25) is 11.7 Å². The van der Waals surface area contributed by atoms with Gasteiger partial charge in [-0.25, -0.2) is 15.0 Å². The molecule has 6 nitrogen and oxygen atoms in total. The molecule has 0 N–H and O–H groups in total. The minimum atomic E-state index is 0.0792. The molecule has 2 heterocycles. The Morgan fingerprint density at radius 1 is 1.08 bits per heavy atom. The molecule has 0 amide bonds. The molecule has 0 saturated carbocycles. The molecule has 3 rings (SSSR count). The third-order valence-electron chi connectivity index (χ3n) is 3.74. The summed E-state index contributed by atoms with van der Waals surface area (Å²) >= 11 is 0. The van der Waals surface area contributed by atoms with Crippen molar-refractivity contribution in [1.29, 1.82) is 5.26 Å². The van der Waals surface area contributed by atoms with E-state index in [1.807, 2.05) is 24.3 Å². The number of benzene rings is 1. The van der Waals surface area contributed by atoms with E-state index in [-0.39, 0.29) is 11.2 Å². The van der Waals surface area contributed by atoms with E-state index in [4.69, 9.17) is 9.68 Å². The Hall–Kier alpha value is -3.20. The summed E-state index contributed by atoms with van der Waals surface area (Å²) in [4.78, 5) is 14.7. The van der Waals surface area contributed by atoms with Crippen LogP contribution in [-0.2, 0) is 6.54 Å². The number of anilines is 1. The van der Waals surface area contributed by atoms with Gasteiger partial charge < -0.3 is 9.32 Å². The lowest BCUT2D eigenvalue weighted by atomic mass is 9.95. The van der Waals surface area contributed by atoms with Gasteiger partial charge >= 0.3 is 0 Å². The van der Waals surface area contributed by atoms with Crippen LogP contribution in [0.15, 0.2) is 53.4 Å². The van der Waals surface area contributed by atoms with Crippen LogP contribution in [0.25, 0.3) is 11.5 Å². The van der Waals surface area contributed by atoms with Crippen molar-refractivity contribution in [2.24, 2.45) is 5.41 Å². The lowest BCUT2D eigenvalue weighted by Crippen LogP contribution is -2.33. The van der Waals surface area contributed by atoms with Crippen LogP contribution in [0.4, 0.5) is 5.82 Å². The molecule has 0 aliphatic rings. The molecule has 3 aromatic rings. The maximum Gasteiger partial charge on any atom is 0.234 e. The molecule has 0 aliphatic carbocycles. The number of oxazole rings is 1. The molecule has 1 aromatic carbocycles. The highest BCUT2D eigenvalue weighted by Gasteiger charge is 2.19. The number of rotatable bonds is 5. The number of hydrogen-bond donors (Lipinski definition) is 0. The fourth-order valence-electron chi connectivity index (χ4n) is 2.71. The van der Waals surface area contributed by atoms with Crippen molar-refractivity contribution in [3.05, 3.63) is 60.4 Å².